The molecule has 2 heterocycles. The summed E-state index contributed by atoms with van der Waals surface area (Å²) in [7, 11) is 0. The second-order valence-corrected chi connectivity index (χ2v) is 5.28. The molecule has 1 aromatic heterocycles. The topological polar surface area (TPSA) is 31.9 Å². The summed E-state index contributed by atoms with van der Waals surface area (Å²) in [5.74, 6) is 1.60. The zero-order chi connectivity index (χ0) is 11.5. The lowest BCUT2D eigenvalue weighted by Crippen LogP contribution is -2.21. The van der Waals surface area contributed by atoms with E-state index < -0.39 is 0 Å². The summed E-state index contributed by atoms with van der Waals surface area (Å²) in [4.78, 5) is 10.1. The van der Waals surface area contributed by atoms with Crippen LogP contribution >= 0.6 is 12.2 Å². The zero-order valence-corrected chi connectivity index (χ0v) is 10.8. The van der Waals surface area contributed by atoms with Gasteiger partial charge in [-0.3, -0.25) is 0 Å². The highest BCUT2D eigenvalue weighted by Gasteiger charge is 2.14. The van der Waals surface area contributed by atoms with E-state index in [-0.39, 0.29) is 0 Å². The molecule has 0 radical (unpaired) electrons. The Labute approximate surface area is 102 Å². The number of nitrogens with zero attached hydrogens (tertiary/aromatic N) is 2. The lowest BCUT2D eigenvalue weighted by atomic mass is 10.1. The molecule has 0 saturated carbocycles. The summed E-state index contributed by atoms with van der Waals surface area (Å²) < 4.78 is 0.705. The van der Waals surface area contributed by atoms with Crippen LogP contribution in [-0.2, 0) is 6.42 Å². The molecular formula is C12H19N3S. The molecular weight excluding hydrogens is 218 g/mol. The molecule has 1 fully saturated rings. The quantitative estimate of drug-likeness (QED) is 0.820. The third-order valence-electron chi connectivity index (χ3n) is 2.82. The minimum Gasteiger partial charge on any atom is -0.342 e. The first kappa shape index (κ1) is 11.6. The first-order chi connectivity index (χ1) is 7.65. The van der Waals surface area contributed by atoms with Crippen molar-refractivity contribution in [1.82, 2.24) is 9.97 Å². The molecule has 1 saturated heterocycles. The smallest absolute Gasteiger partial charge is 0.204 e. The van der Waals surface area contributed by atoms with Crippen molar-refractivity contribution < 1.29 is 0 Å². The van der Waals surface area contributed by atoms with E-state index in [9.17, 15) is 0 Å². The normalized spacial score (nSPS) is 16.1. The van der Waals surface area contributed by atoms with E-state index >= 15 is 0 Å². The molecule has 88 valence electrons. The number of anilines is 1. The number of hydrogen-bond acceptors (Lipinski definition) is 3. The molecule has 1 N–H and O–H groups in total. The summed E-state index contributed by atoms with van der Waals surface area (Å²) in [6, 6.07) is 1.98. The summed E-state index contributed by atoms with van der Waals surface area (Å²) in [5, 5.41) is 0. The number of nitrogens with one attached hydrogen (secondary N) is 1. The van der Waals surface area contributed by atoms with Crippen LogP contribution in [0.15, 0.2) is 6.07 Å². The molecule has 0 atom stereocenters. The van der Waals surface area contributed by atoms with Gasteiger partial charge in [0.25, 0.3) is 0 Å². The fourth-order valence-corrected chi connectivity index (χ4v) is 2.35. The number of H-pyrrole nitrogens is 1. The molecule has 0 aliphatic carbocycles. The monoisotopic (exact) mass is 237 g/mol. The van der Waals surface area contributed by atoms with Crippen molar-refractivity contribution in [2.45, 2.75) is 33.1 Å². The highest BCUT2D eigenvalue weighted by atomic mass is 32.1. The van der Waals surface area contributed by atoms with Crippen molar-refractivity contribution in [1.29, 1.82) is 0 Å². The van der Waals surface area contributed by atoms with Crippen molar-refractivity contribution in [3.8, 4) is 0 Å². The van der Waals surface area contributed by atoms with Crippen molar-refractivity contribution in [2.75, 3.05) is 18.0 Å². The zero-order valence-electron chi connectivity index (χ0n) is 9.99. The predicted molar refractivity (Wildman–Crippen MR) is 69.4 cm³/mol. The van der Waals surface area contributed by atoms with Gasteiger partial charge in [-0.05, 0) is 31.2 Å². The molecule has 0 amide bonds. The van der Waals surface area contributed by atoms with Crippen LogP contribution < -0.4 is 4.90 Å². The number of rotatable bonds is 3. The first-order valence-corrected chi connectivity index (χ1v) is 6.41. The maximum absolute atomic E-state index is 5.22. The molecule has 0 spiro atoms. The fraction of sp³-hybridized carbons (Fsp3) is 0.667. The van der Waals surface area contributed by atoms with E-state index in [1.54, 1.807) is 0 Å². The average molecular weight is 237 g/mol. The number of hydrogen-bond donors (Lipinski definition) is 1. The van der Waals surface area contributed by atoms with Crippen LogP contribution in [0.4, 0.5) is 5.95 Å². The van der Waals surface area contributed by atoms with Crippen LogP contribution in [0.5, 0.6) is 0 Å². The van der Waals surface area contributed by atoms with Crippen molar-refractivity contribution >= 4 is 18.2 Å². The van der Waals surface area contributed by atoms with E-state index in [0.717, 1.165) is 25.5 Å². The Balaban J connectivity index is 2.24. The van der Waals surface area contributed by atoms with Crippen LogP contribution in [0.3, 0.4) is 0 Å². The van der Waals surface area contributed by atoms with Crippen molar-refractivity contribution in [3.63, 3.8) is 0 Å². The molecule has 2 rings (SSSR count). The summed E-state index contributed by atoms with van der Waals surface area (Å²) in [6.07, 6.45) is 3.56. The second-order valence-electron chi connectivity index (χ2n) is 4.86. The standard InChI is InChI=1S/C12H19N3S/c1-9(2)7-10-8-11(16)14-12(13-10)15-5-3-4-6-15/h8-9H,3-7H2,1-2H3,(H,13,14,16). The first-order valence-electron chi connectivity index (χ1n) is 6.00. The van der Waals surface area contributed by atoms with Crippen molar-refractivity contribution in [3.05, 3.63) is 16.4 Å². The number of aromatic nitrogens is 2. The Hall–Kier alpha value is -0.900. The maximum Gasteiger partial charge on any atom is 0.204 e. The third kappa shape index (κ3) is 2.82. The van der Waals surface area contributed by atoms with Gasteiger partial charge in [-0.25, -0.2) is 4.98 Å². The lowest BCUT2D eigenvalue weighted by molar-refractivity contribution is 0.632. The van der Waals surface area contributed by atoms with Crippen LogP contribution in [0, 0.1) is 10.6 Å². The van der Waals surface area contributed by atoms with Crippen LogP contribution in [0.1, 0.15) is 32.4 Å². The van der Waals surface area contributed by atoms with E-state index in [4.69, 9.17) is 12.2 Å². The third-order valence-corrected chi connectivity index (χ3v) is 3.03. The summed E-state index contributed by atoms with van der Waals surface area (Å²) >= 11 is 5.22. The molecule has 0 aromatic carbocycles. The Morgan fingerprint density at radius 1 is 1.44 bits per heavy atom. The van der Waals surface area contributed by atoms with E-state index in [1.165, 1.54) is 18.5 Å². The molecule has 1 aliphatic heterocycles. The SMILES string of the molecule is CC(C)Cc1cc(=S)nc(N2CCCC2)[nH]1. The minimum absolute atomic E-state index is 0.638. The summed E-state index contributed by atoms with van der Waals surface area (Å²) in [6.45, 7) is 6.63. The average Bonchev–Trinajstić information content (AvgIpc) is 2.67. The Kier molecular flexibility index (Phi) is 3.59. The van der Waals surface area contributed by atoms with Gasteiger partial charge in [0.2, 0.25) is 5.95 Å². The highest BCUT2D eigenvalue weighted by Crippen LogP contribution is 2.16. The largest absolute Gasteiger partial charge is 0.342 e. The summed E-state index contributed by atoms with van der Waals surface area (Å²) in [5.41, 5.74) is 1.21. The minimum atomic E-state index is 0.638. The van der Waals surface area contributed by atoms with E-state index in [2.05, 4.69) is 28.7 Å². The van der Waals surface area contributed by atoms with Gasteiger partial charge in [0.15, 0.2) is 0 Å². The van der Waals surface area contributed by atoms with Crippen LogP contribution in [0.2, 0.25) is 0 Å². The molecule has 3 nitrogen and oxygen atoms in total. The Bertz CT molecular complexity index is 405. The van der Waals surface area contributed by atoms with Crippen LogP contribution in [0.25, 0.3) is 0 Å². The molecule has 1 aromatic rings. The lowest BCUT2D eigenvalue weighted by Gasteiger charge is -2.17. The fourth-order valence-electron chi connectivity index (χ4n) is 2.12. The van der Waals surface area contributed by atoms with Gasteiger partial charge in [0, 0.05) is 18.8 Å². The van der Waals surface area contributed by atoms with Gasteiger partial charge >= 0.3 is 0 Å². The molecule has 16 heavy (non-hydrogen) atoms. The van der Waals surface area contributed by atoms with Gasteiger partial charge in [0.1, 0.15) is 4.64 Å². The maximum atomic E-state index is 5.22. The van der Waals surface area contributed by atoms with Crippen LogP contribution in [-0.4, -0.2) is 23.1 Å². The molecule has 0 bridgehead atoms. The Morgan fingerprint density at radius 3 is 2.75 bits per heavy atom. The van der Waals surface area contributed by atoms with Gasteiger partial charge in [-0.2, -0.15) is 0 Å². The van der Waals surface area contributed by atoms with E-state index in [1.807, 2.05) is 6.07 Å². The predicted octanol–water partition coefficient (Wildman–Crippen LogP) is 2.94. The number of aromatic amines is 1. The molecule has 4 heteroatoms. The van der Waals surface area contributed by atoms with Gasteiger partial charge in [-0.15, -0.1) is 0 Å². The molecule has 0 unspecified atom stereocenters. The second kappa shape index (κ2) is 4.95. The van der Waals surface area contributed by atoms with E-state index in [0.29, 0.717) is 10.6 Å². The van der Waals surface area contributed by atoms with Gasteiger partial charge < -0.3 is 9.88 Å². The van der Waals surface area contributed by atoms with Crippen molar-refractivity contribution in [2.24, 2.45) is 5.92 Å². The van der Waals surface area contributed by atoms with Gasteiger partial charge in [-0.1, -0.05) is 26.1 Å². The van der Waals surface area contributed by atoms with Gasteiger partial charge in [0.05, 0.1) is 0 Å². The highest BCUT2D eigenvalue weighted by molar-refractivity contribution is 7.71. The molecule has 1 aliphatic rings. The Morgan fingerprint density at radius 2 is 2.12 bits per heavy atom.